The molecule has 0 aliphatic carbocycles. The molecule has 0 saturated carbocycles. The number of fused-ring (bicyclic) bond motifs is 29. The summed E-state index contributed by atoms with van der Waals surface area (Å²) in [7, 11) is 0. The van der Waals surface area contributed by atoms with Gasteiger partial charge in [0, 0.05) is 125 Å². The summed E-state index contributed by atoms with van der Waals surface area (Å²) in [6.07, 6.45) is 0. The number of rotatable bonds is 6. The first-order valence-electron chi connectivity index (χ1n) is 40.6. The van der Waals surface area contributed by atoms with Crippen molar-refractivity contribution in [1.82, 2.24) is 18.3 Å². The van der Waals surface area contributed by atoms with Crippen LogP contribution in [0.3, 0.4) is 0 Å². The Labute approximate surface area is 717 Å². The van der Waals surface area contributed by atoms with E-state index in [1.807, 2.05) is 80.2 Å². The molecule has 0 aliphatic rings. The molecule has 0 aliphatic heterocycles. The molecule has 0 spiro atoms. The summed E-state index contributed by atoms with van der Waals surface area (Å²) in [6.45, 7) is 0. The van der Waals surface area contributed by atoms with E-state index in [4.69, 9.17) is 4.42 Å². The van der Waals surface area contributed by atoms with Crippen LogP contribution in [0.1, 0.15) is 0 Å². The van der Waals surface area contributed by atoms with Crippen molar-refractivity contribution in [3.8, 4) is 45.0 Å². The molecule has 11 heteroatoms. The Morgan fingerprint density at radius 2 is 0.554 bits per heavy atom. The summed E-state index contributed by atoms with van der Waals surface area (Å²) in [5.74, 6) is 0. The summed E-state index contributed by atoms with van der Waals surface area (Å²) in [5.41, 5.74) is 21.7. The fourth-order valence-electron chi connectivity index (χ4n) is 19.0. The van der Waals surface area contributed by atoms with Crippen molar-refractivity contribution < 1.29 is 4.42 Å². The Kier molecular flexibility index (Phi) is 16.4. The van der Waals surface area contributed by atoms with Gasteiger partial charge in [0.2, 0.25) is 0 Å². The average Bonchev–Trinajstić information content (AvgIpc) is 1.42. The van der Waals surface area contributed by atoms with Crippen molar-refractivity contribution in [3.63, 3.8) is 0 Å². The second kappa shape index (κ2) is 28.4. The number of aromatic nitrogens is 4. The zero-order valence-corrected chi connectivity index (χ0v) is 69.7. The van der Waals surface area contributed by atoms with E-state index in [0.717, 1.165) is 27.6 Å². The van der Waals surface area contributed by atoms with Gasteiger partial charge in [-0.1, -0.05) is 224 Å². The molecule has 28 rings (SSSR count). The topological polar surface area (TPSA) is 32.9 Å². The minimum absolute atomic E-state index is 0.927. The minimum Gasteiger partial charge on any atom is -0.456 e. The van der Waals surface area contributed by atoms with Crippen LogP contribution in [-0.2, 0) is 0 Å². The fourth-order valence-corrected chi connectivity index (χ4v) is 25.1. The minimum atomic E-state index is 0.927. The number of hydrogen-bond donors (Lipinski definition) is 0. The molecule has 0 fully saturated rings. The highest BCUT2D eigenvalue weighted by molar-refractivity contribution is 7.26. The van der Waals surface area contributed by atoms with Crippen molar-refractivity contribution in [1.29, 1.82) is 0 Å². The van der Waals surface area contributed by atoms with Crippen LogP contribution in [-0.4, -0.2) is 18.3 Å². The lowest BCUT2D eigenvalue weighted by Crippen LogP contribution is -1.96. The van der Waals surface area contributed by atoms with E-state index in [1.54, 1.807) is 0 Å². The lowest BCUT2D eigenvalue weighted by Gasteiger charge is -2.14. The normalized spacial score (nSPS) is 12.0. The van der Waals surface area contributed by atoms with E-state index in [9.17, 15) is 0 Å². The lowest BCUT2D eigenvalue weighted by atomic mass is 9.98. The third kappa shape index (κ3) is 11.3. The Hall–Kier alpha value is -14.0. The van der Waals surface area contributed by atoms with Crippen LogP contribution < -0.4 is 0 Å². The van der Waals surface area contributed by atoms with Crippen LogP contribution in [0, 0.1) is 0 Å². The van der Waals surface area contributed by atoms with Crippen molar-refractivity contribution in [2.75, 3.05) is 0 Å². The highest BCUT2D eigenvalue weighted by atomic mass is 32.1. The zero-order valence-electron chi connectivity index (χ0n) is 64.8. The SMILES string of the molecule is c1ccc(-c2cc(-c3ccccc3)cc(-n3c4ccccc4c4c5sccc5ccc43)c2)cc1.c1ccc2c(c1)oc1ccc(-n3c4ccccc4c4c5sccc5ccc43)cc12.c1ccc2c(c1)sc1c(-n3c4ccccc4c4c5sccc5ccc43)cccc12.c1ccc2c(c1)sc1ccc(-n3c4ccccc4c4c5sccc5ccc43)cc12. The van der Waals surface area contributed by atoms with Crippen LogP contribution in [0.25, 0.3) is 235 Å². The average molecular weight is 1650 g/mol. The molecular formula is C110H66N4OS6. The van der Waals surface area contributed by atoms with Crippen LogP contribution in [0.4, 0.5) is 0 Å². The monoisotopic (exact) mass is 1650 g/mol. The first-order valence-corrected chi connectivity index (χ1v) is 45.8. The number of nitrogens with zero attached hydrogens (tertiary/aromatic N) is 4. The van der Waals surface area contributed by atoms with Gasteiger partial charge in [-0.05, 0) is 217 Å². The predicted molar refractivity (Wildman–Crippen MR) is 529 cm³/mol. The van der Waals surface area contributed by atoms with Gasteiger partial charge in [-0.3, -0.25) is 0 Å². The molecule has 11 heterocycles. The van der Waals surface area contributed by atoms with Gasteiger partial charge < -0.3 is 22.7 Å². The van der Waals surface area contributed by atoms with Gasteiger partial charge in [-0.15, -0.1) is 68.0 Å². The second-order valence-electron chi connectivity index (χ2n) is 30.9. The van der Waals surface area contributed by atoms with E-state index >= 15 is 0 Å². The van der Waals surface area contributed by atoms with Crippen LogP contribution in [0.15, 0.2) is 402 Å². The number of furan rings is 1. The lowest BCUT2D eigenvalue weighted by molar-refractivity contribution is 0.669. The van der Waals surface area contributed by atoms with Crippen LogP contribution in [0.5, 0.6) is 0 Å². The van der Waals surface area contributed by atoms with E-state index in [1.165, 1.54) is 207 Å². The molecule has 568 valence electrons. The molecule has 121 heavy (non-hydrogen) atoms. The van der Waals surface area contributed by atoms with Gasteiger partial charge in [0.25, 0.3) is 0 Å². The molecule has 11 aromatic heterocycles. The molecule has 0 N–H and O–H groups in total. The molecule has 0 unspecified atom stereocenters. The number of para-hydroxylation sites is 5. The molecule has 0 amide bonds. The molecule has 0 atom stereocenters. The van der Waals surface area contributed by atoms with Crippen molar-refractivity contribution in [2.24, 2.45) is 0 Å². The summed E-state index contributed by atoms with van der Waals surface area (Å²) in [5, 5.41) is 32.4. The Balaban J connectivity index is 0.0000000893. The Morgan fingerprint density at radius 1 is 0.190 bits per heavy atom. The second-order valence-corrected chi connectivity index (χ2v) is 36.7. The summed E-state index contributed by atoms with van der Waals surface area (Å²) in [6, 6.07) is 136. The number of benzene rings is 17. The summed E-state index contributed by atoms with van der Waals surface area (Å²) >= 11 is 11.1. The first-order chi connectivity index (χ1) is 60.0. The zero-order chi connectivity index (χ0) is 79.3. The Morgan fingerprint density at radius 3 is 1.05 bits per heavy atom. The maximum Gasteiger partial charge on any atom is 0.135 e. The molecule has 0 radical (unpaired) electrons. The van der Waals surface area contributed by atoms with Crippen molar-refractivity contribution >= 4 is 258 Å². The maximum absolute atomic E-state index is 6.04. The molecule has 5 nitrogen and oxygen atoms in total. The maximum atomic E-state index is 6.04. The Bertz CT molecular complexity index is 8690. The van der Waals surface area contributed by atoms with E-state index in [0.29, 0.717) is 0 Å². The van der Waals surface area contributed by atoms with Gasteiger partial charge in [0.05, 0.1) is 54.5 Å². The van der Waals surface area contributed by atoms with Gasteiger partial charge in [0.15, 0.2) is 0 Å². The molecular weight excluding hydrogens is 1590 g/mol. The summed E-state index contributed by atoms with van der Waals surface area (Å²) in [4.78, 5) is 0. The van der Waals surface area contributed by atoms with Crippen LogP contribution >= 0.6 is 68.0 Å². The van der Waals surface area contributed by atoms with Gasteiger partial charge in [-0.25, -0.2) is 0 Å². The largest absolute Gasteiger partial charge is 0.456 e. The molecule has 0 bridgehead atoms. The number of thiophene rings is 6. The van der Waals surface area contributed by atoms with Crippen molar-refractivity contribution in [2.45, 2.75) is 0 Å². The molecule has 0 saturated heterocycles. The van der Waals surface area contributed by atoms with Gasteiger partial charge >= 0.3 is 0 Å². The third-order valence-electron chi connectivity index (χ3n) is 24.3. The van der Waals surface area contributed by atoms with Crippen LogP contribution in [0.2, 0.25) is 0 Å². The summed E-state index contributed by atoms with van der Waals surface area (Å²) < 4.78 is 26.6. The van der Waals surface area contributed by atoms with E-state index in [-0.39, 0.29) is 0 Å². The number of hydrogen-bond acceptors (Lipinski definition) is 7. The highest BCUT2D eigenvalue weighted by Crippen LogP contribution is 2.48. The molecule has 17 aromatic carbocycles. The molecule has 28 aromatic rings. The van der Waals surface area contributed by atoms with E-state index < -0.39 is 0 Å². The van der Waals surface area contributed by atoms with E-state index in [2.05, 4.69) is 404 Å². The van der Waals surface area contributed by atoms with Gasteiger partial charge in [-0.2, -0.15) is 0 Å². The quantitative estimate of drug-likeness (QED) is 0.163. The van der Waals surface area contributed by atoms with Gasteiger partial charge in [0.1, 0.15) is 11.2 Å². The third-order valence-corrected chi connectivity index (χ3v) is 30.4. The predicted octanol–water partition coefficient (Wildman–Crippen LogP) is 34.0. The fraction of sp³-hybridized carbons (Fsp3) is 0. The van der Waals surface area contributed by atoms with Crippen molar-refractivity contribution in [3.05, 3.63) is 398 Å². The standard InChI is InChI=1S/C32H21NS.C26H15NOS.2C26H15NS2/c1-3-9-22(10-4-1)25-19-26(23-11-5-2-6-12-23)21-27(20-25)33-29-14-8-7-13-28(29)31-30(33)16-15-24-17-18-34-32(24)31;1-3-7-21-19(6-1)25-22(11-9-16-13-14-29-26(16)25)27(21)17-10-12-24-20(15-17)18-5-2-4-8-23(18)28-24;1-3-9-20-19(7-1)24-21(13-12-16-14-15-28-25(16)24)27(20)22-10-5-8-18-17-6-2-4-11-23(17)29-26(18)22;1-3-7-21-19(6-1)25-22(11-9-16-13-14-28-26(16)25)27(21)17-10-12-24-20(15-17)18-5-2-4-8-23(18)29-24/h1-21H;3*1-15H. The highest BCUT2D eigenvalue weighted by Gasteiger charge is 2.24. The smallest absolute Gasteiger partial charge is 0.135 e. The first kappa shape index (κ1) is 70.1.